The van der Waals surface area contributed by atoms with Gasteiger partial charge in [-0.2, -0.15) is 0 Å². The van der Waals surface area contributed by atoms with Crippen molar-refractivity contribution in [1.82, 2.24) is 0 Å². The number of aryl methyl sites for hydroxylation is 1. The molecule has 1 unspecified atom stereocenters. The maximum atomic E-state index is 11.7. The molecule has 0 bridgehead atoms. The van der Waals surface area contributed by atoms with Crippen LogP contribution < -0.4 is 5.32 Å². The van der Waals surface area contributed by atoms with Gasteiger partial charge in [0.15, 0.2) is 0 Å². The summed E-state index contributed by atoms with van der Waals surface area (Å²) in [7, 11) is 0. The minimum atomic E-state index is -0.973. The zero-order chi connectivity index (χ0) is 13.0. The summed E-state index contributed by atoms with van der Waals surface area (Å²) in [6.07, 6.45) is -0.165. The van der Waals surface area contributed by atoms with Crippen molar-refractivity contribution in [1.29, 1.82) is 0 Å². The minimum Gasteiger partial charge on any atom is -0.481 e. The number of carbonyl (C=O) groups excluding carboxylic acids is 1. The average molecular weight is 300 g/mol. The number of benzene rings is 1. The van der Waals surface area contributed by atoms with Gasteiger partial charge in [0.1, 0.15) is 0 Å². The molecule has 1 atom stereocenters. The van der Waals surface area contributed by atoms with E-state index in [-0.39, 0.29) is 12.3 Å². The highest BCUT2D eigenvalue weighted by molar-refractivity contribution is 9.10. The van der Waals surface area contributed by atoms with Gasteiger partial charge >= 0.3 is 5.97 Å². The first-order valence-corrected chi connectivity index (χ1v) is 5.98. The molecular weight excluding hydrogens is 286 g/mol. The molecule has 1 aromatic carbocycles. The van der Waals surface area contributed by atoms with Gasteiger partial charge in [0.05, 0.1) is 6.42 Å². The average Bonchev–Trinajstić information content (AvgIpc) is 2.22. The molecular formula is C12H14BrNO3. The fraction of sp³-hybridized carbons (Fsp3) is 0.333. The second-order valence-electron chi connectivity index (χ2n) is 3.95. The Morgan fingerprint density at radius 1 is 1.47 bits per heavy atom. The van der Waals surface area contributed by atoms with Gasteiger partial charge in [-0.1, -0.05) is 22.9 Å². The summed E-state index contributed by atoms with van der Waals surface area (Å²) in [5.74, 6) is -1.80. The zero-order valence-electron chi connectivity index (χ0n) is 9.66. The fourth-order valence-electron chi connectivity index (χ4n) is 1.34. The van der Waals surface area contributed by atoms with Crippen molar-refractivity contribution in [2.45, 2.75) is 20.3 Å². The number of carbonyl (C=O) groups is 2. The molecule has 1 amide bonds. The van der Waals surface area contributed by atoms with Crippen LogP contribution in [-0.2, 0) is 9.59 Å². The number of nitrogens with one attached hydrogen (secondary N) is 1. The Kier molecular flexibility index (Phi) is 4.69. The van der Waals surface area contributed by atoms with Crippen LogP contribution in [0.15, 0.2) is 22.7 Å². The normalized spacial score (nSPS) is 11.9. The lowest BCUT2D eigenvalue weighted by atomic mass is 10.1. The lowest BCUT2D eigenvalue weighted by Crippen LogP contribution is -2.22. The number of carboxylic acids is 1. The van der Waals surface area contributed by atoms with Crippen LogP contribution in [0.4, 0.5) is 5.69 Å². The van der Waals surface area contributed by atoms with Crippen LogP contribution in [0.25, 0.3) is 0 Å². The quantitative estimate of drug-likeness (QED) is 0.898. The highest BCUT2D eigenvalue weighted by Gasteiger charge is 2.16. The Hall–Kier alpha value is -1.36. The summed E-state index contributed by atoms with van der Waals surface area (Å²) in [4.78, 5) is 22.1. The fourth-order valence-corrected chi connectivity index (χ4v) is 1.59. The van der Waals surface area contributed by atoms with E-state index in [1.54, 1.807) is 13.0 Å². The first-order chi connectivity index (χ1) is 7.90. The predicted molar refractivity (Wildman–Crippen MR) is 68.9 cm³/mol. The molecule has 92 valence electrons. The van der Waals surface area contributed by atoms with Gasteiger partial charge in [-0.3, -0.25) is 9.59 Å². The van der Waals surface area contributed by atoms with Gasteiger partial charge in [0, 0.05) is 16.1 Å². The molecule has 2 N–H and O–H groups in total. The van der Waals surface area contributed by atoms with Crippen molar-refractivity contribution in [3.05, 3.63) is 28.2 Å². The van der Waals surface area contributed by atoms with Crippen molar-refractivity contribution < 1.29 is 14.7 Å². The number of amides is 1. The number of aliphatic carboxylic acids is 1. The molecule has 0 radical (unpaired) electrons. The van der Waals surface area contributed by atoms with Crippen molar-refractivity contribution in [2.75, 3.05) is 5.32 Å². The third-order valence-corrected chi connectivity index (χ3v) is 3.24. The lowest BCUT2D eigenvalue weighted by molar-refractivity contribution is -0.139. The van der Waals surface area contributed by atoms with Crippen molar-refractivity contribution in [2.24, 2.45) is 5.92 Å². The SMILES string of the molecule is Cc1cc(NC(=O)C(C)CC(=O)O)ccc1Br. The topological polar surface area (TPSA) is 66.4 Å². The summed E-state index contributed by atoms with van der Waals surface area (Å²) in [5, 5.41) is 11.3. The number of halogens is 1. The minimum absolute atomic E-state index is 0.165. The summed E-state index contributed by atoms with van der Waals surface area (Å²) < 4.78 is 0.967. The van der Waals surface area contributed by atoms with E-state index in [1.807, 2.05) is 19.1 Å². The molecule has 4 nitrogen and oxygen atoms in total. The number of carboxylic acid groups (broad SMARTS) is 1. The molecule has 0 aliphatic carbocycles. The highest BCUT2D eigenvalue weighted by atomic mass is 79.9. The van der Waals surface area contributed by atoms with E-state index in [4.69, 9.17) is 5.11 Å². The Balaban J connectivity index is 2.67. The van der Waals surface area contributed by atoms with Gasteiger partial charge in [-0.05, 0) is 30.7 Å². The molecule has 0 saturated heterocycles. The number of hydrogen-bond donors (Lipinski definition) is 2. The molecule has 17 heavy (non-hydrogen) atoms. The van der Waals surface area contributed by atoms with Gasteiger partial charge in [0.25, 0.3) is 0 Å². The maximum Gasteiger partial charge on any atom is 0.304 e. The number of hydrogen-bond acceptors (Lipinski definition) is 2. The molecule has 1 rings (SSSR count). The molecule has 0 saturated carbocycles. The molecule has 0 aliphatic rings. The molecule has 0 heterocycles. The van der Waals surface area contributed by atoms with E-state index in [0.717, 1.165) is 10.0 Å². The molecule has 5 heteroatoms. The Morgan fingerprint density at radius 3 is 2.65 bits per heavy atom. The number of rotatable bonds is 4. The summed E-state index contributed by atoms with van der Waals surface area (Å²) >= 11 is 3.37. The van der Waals surface area contributed by atoms with E-state index in [0.29, 0.717) is 5.69 Å². The van der Waals surface area contributed by atoms with Crippen LogP contribution in [0.5, 0.6) is 0 Å². The van der Waals surface area contributed by atoms with Gasteiger partial charge in [-0.15, -0.1) is 0 Å². The molecule has 0 fully saturated rings. The van der Waals surface area contributed by atoms with Gasteiger partial charge < -0.3 is 10.4 Å². The molecule has 1 aromatic rings. The Morgan fingerprint density at radius 2 is 2.12 bits per heavy atom. The van der Waals surface area contributed by atoms with Crippen LogP contribution in [0.2, 0.25) is 0 Å². The zero-order valence-corrected chi connectivity index (χ0v) is 11.2. The van der Waals surface area contributed by atoms with E-state index >= 15 is 0 Å². The van der Waals surface area contributed by atoms with Gasteiger partial charge in [-0.25, -0.2) is 0 Å². The highest BCUT2D eigenvalue weighted by Crippen LogP contribution is 2.20. The number of anilines is 1. The van der Waals surface area contributed by atoms with Crippen molar-refractivity contribution in [3.63, 3.8) is 0 Å². The summed E-state index contributed by atoms with van der Waals surface area (Å²) in [5.41, 5.74) is 1.68. The van der Waals surface area contributed by atoms with Crippen LogP contribution >= 0.6 is 15.9 Å². The van der Waals surface area contributed by atoms with E-state index in [2.05, 4.69) is 21.2 Å². The summed E-state index contributed by atoms with van der Waals surface area (Å²) in [6, 6.07) is 5.44. The molecule has 0 spiro atoms. The lowest BCUT2D eigenvalue weighted by Gasteiger charge is -2.11. The smallest absolute Gasteiger partial charge is 0.304 e. The van der Waals surface area contributed by atoms with Crippen LogP contribution in [0.3, 0.4) is 0 Å². The largest absolute Gasteiger partial charge is 0.481 e. The first kappa shape index (κ1) is 13.7. The third kappa shape index (κ3) is 4.19. The van der Waals surface area contributed by atoms with Gasteiger partial charge in [0.2, 0.25) is 5.91 Å². The van der Waals surface area contributed by atoms with Crippen molar-refractivity contribution >= 4 is 33.5 Å². The first-order valence-electron chi connectivity index (χ1n) is 5.19. The van der Waals surface area contributed by atoms with E-state index in [9.17, 15) is 9.59 Å². The Labute approximate surface area is 108 Å². The third-order valence-electron chi connectivity index (χ3n) is 2.35. The molecule has 0 aliphatic heterocycles. The van der Waals surface area contributed by atoms with Crippen LogP contribution in [0, 0.1) is 12.8 Å². The molecule has 0 aromatic heterocycles. The second kappa shape index (κ2) is 5.82. The maximum absolute atomic E-state index is 11.7. The van der Waals surface area contributed by atoms with Crippen LogP contribution in [-0.4, -0.2) is 17.0 Å². The second-order valence-corrected chi connectivity index (χ2v) is 4.81. The van der Waals surface area contributed by atoms with Crippen LogP contribution in [0.1, 0.15) is 18.9 Å². The monoisotopic (exact) mass is 299 g/mol. The summed E-state index contributed by atoms with van der Waals surface area (Å²) in [6.45, 7) is 3.51. The predicted octanol–water partition coefficient (Wildman–Crippen LogP) is 2.81. The van der Waals surface area contributed by atoms with E-state index < -0.39 is 11.9 Å². The van der Waals surface area contributed by atoms with E-state index in [1.165, 1.54) is 0 Å². The Bertz CT molecular complexity index is 445. The van der Waals surface area contributed by atoms with Crippen molar-refractivity contribution in [3.8, 4) is 0 Å². The standard InChI is InChI=1S/C12H14BrNO3/c1-7-5-9(3-4-10(7)13)14-12(17)8(2)6-11(15)16/h3-5,8H,6H2,1-2H3,(H,14,17)(H,15,16).